The van der Waals surface area contributed by atoms with Crippen LogP contribution in [0.4, 0.5) is 0 Å². The maximum Gasteiger partial charge on any atom is 0.251 e. The Morgan fingerprint density at radius 3 is 2.81 bits per heavy atom. The van der Waals surface area contributed by atoms with Crippen LogP contribution in [0, 0.1) is 0 Å². The van der Waals surface area contributed by atoms with Crippen molar-refractivity contribution in [3.63, 3.8) is 0 Å². The van der Waals surface area contributed by atoms with Crippen molar-refractivity contribution in [2.24, 2.45) is 0 Å². The van der Waals surface area contributed by atoms with Crippen LogP contribution in [-0.2, 0) is 13.0 Å². The lowest BCUT2D eigenvalue weighted by Crippen LogP contribution is -2.52. The summed E-state index contributed by atoms with van der Waals surface area (Å²) in [5.74, 6) is -0.0562. The van der Waals surface area contributed by atoms with E-state index in [4.69, 9.17) is 0 Å². The van der Waals surface area contributed by atoms with E-state index < -0.39 is 5.54 Å². The Hall–Kier alpha value is -1.39. The fourth-order valence-corrected chi connectivity index (χ4v) is 3.49. The van der Waals surface area contributed by atoms with E-state index in [9.17, 15) is 9.90 Å². The number of hydrogen-bond donors (Lipinski definition) is 3. The van der Waals surface area contributed by atoms with Crippen LogP contribution in [0.1, 0.15) is 53.6 Å². The molecule has 1 aliphatic heterocycles. The van der Waals surface area contributed by atoms with Gasteiger partial charge in [-0.3, -0.25) is 4.79 Å². The standard InChI is InChI=1S/C17H24N2O2/c20-12-17(7-2-1-3-8-17)19-16(21)14-5-4-13-6-9-18-11-15(13)10-14/h4-5,10,18,20H,1-3,6-9,11-12H2,(H,19,21). The molecule has 3 N–H and O–H groups in total. The molecule has 3 rings (SSSR count). The van der Waals surface area contributed by atoms with Gasteiger partial charge in [0, 0.05) is 12.1 Å². The van der Waals surface area contributed by atoms with Gasteiger partial charge in [0.15, 0.2) is 0 Å². The van der Waals surface area contributed by atoms with E-state index >= 15 is 0 Å². The van der Waals surface area contributed by atoms with E-state index in [1.165, 1.54) is 17.5 Å². The molecule has 0 unspecified atom stereocenters. The average molecular weight is 288 g/mol. The molecule has 1 saturated carbocycles. The van der Waals surface area contributed by atoms with Crippen LogP contribution in [0.3, 0.4) is 0 Å². The van der Waals surface area contributed by atoms with Gasteiger partial charge in [-0.1, -0.05) is 25.3 Å². The third-order valence-electron chi connectivity index (χ3n) is 4.85. The van der Waals surface area contributed by atoms with Crippen LogP contribution in [0.5, 0.6) is 0 Å². The second kappa shape index (κ2) is 6.16. The Morgan fingerprint density at radius 2 is 2.05 bits per heavy atom. The lowest BCUT2D eigenvalue weighted by molar-refractivity contribution is 0.0758. The van der Waals surface area contributed by atoms with E-state index in [1.807, 2.05) is 12.1 Å². The first-order chi connectivity index (χ1) is 10.2. The lowest BCUT2D eigenvalue weighted by Gasteiger charge is -2.36. The minimum Gasteiger partial charge on any atom is -0.394 e. The summed E-state index contributed by atoms with van der Waals surface area (Å²) in [6.45, 7) is 1.87. The Bertz CT molecular complexity index is 522. The quantitative estimate of drug-likeness (QED) is 0.794. The number of rotatable bonds is 3. The topological polar surface area (TPSA) is 61.4 Å². The van der Waals surface area contributed by atoms with Crippen LogP contribution >= 0.6 is 0 Å². The molecule has 0 radical (unpaired) electrons. The molecule has 0 saturated heterocycles. The molecule has 114 valence electrons. The first kappa shape index (κ1) is 14.5. The largest absolute Gasteiger partial charge is 0.394 e. The Kier molecular flexibility index (Phi) is 4.27. The summed E-state index contributed by atoms with van der Waals surface area (Å²) in [5, 5.41) is 16.1. The SMILES string of the molecule is O=C(NC1(CO)CCCCC1)c1ccc2c(c1)CNCC2. The number of fused-ring (bicyclic) bond motifs is 1. The molecular weight excluding hydrogens is 264 g/mol. The van der Waals surface area contributed by atoms with Gasteiger partial charge in [-0.2, -0.15) is 0 Å². The Balaban J connectivity index is 1.75. The van der Waals surface area contributed by atoms with Crippen LogP contribution in [0.15, 0.2) is 18.2 Å². The maximum absolute atomic E-state index is 12.5. The smallest absolute Gasteiger partial charge is 0.251 e. The molecule has 0 atom stereocenters. The number of carbonyl (C=O) groups is 1. The van der Waals surface area contributed by atoms with Gasteiger partial charge >= 0.3 is 0 Å². The number of amides is 1. The zero-order chi connectivity index (χ0) is 14.7. The number of nitrogens with one attached hydrogen (secondary N) is 2. The van der Waals surface area contributed by atoms with Crippen molar-refractivity contribution in [3.8, 4) is 0 Å². The predicted molar refractivity (Wildman–Crippen MR) is 82.2 cm³/mol. The van der Waals surface area contributed by atoms with Gasteiger partial charge in [0.05, 0.1) is 12.1 Å². The molecule has 1 aliphatic carbocycles. The van der Waals surface area contributed by atoms with Gasteiger partial charge in [0.2, 0.25) is 0 Å². The van der Waals surface area contributed by atoms with E-state index in [0.717, 1.165) is 45.2 Å². The molecule has 4 heteroatoms. The molecule has 1 heterocycles. The van der Waals surface area contributed by atoms with Gasteiger partial charge in [0.1, 0.15) is 0 Å². The first-order valence-electron chi connectivity index (χ1n) is 7.98. The molecule has 1 aromatic carbocycles. The van der Waals surface area contributed by atoms with Gasteiger partial charge in [-0.15, -0.1) is 0 Å². The van der Waals surface area contributed by atoms with Gasteiger partial charge in [-0.25, -0.2) is 0 Å². The number of hydrogen-bond acceptors (Lipinski definition) is 3. The highest BCUT2D eigenvalue weighted by atomic mass is 16.3. The first-order valence-corrected chi connectivity index (χ1v) is 7.98. The zero-order valence-corrected chi connectivity index (χ0v) is 12.5. The molecule has 0 spiro atoms. The molecule has 21 heavy (non-hydrogen) atoms. The molecule has 1 fully saturated rings. The van der Waals surface area contributed by atoms with Crippen molar-refractivity contribution in [2.75, 3.05) is 13.2 Å². The van der Waals surface area contributed by atoms with Gasteiger partial charge in [0.25, 0.3) is 5.91 Å². The van der Waals surface area contributed by atoms with Crippen molar-refractivity contribution < 1.29 is 9.90 Å². The summed E-state index contributed by atoms with van der Waals surface area (Å²) in [7, 11) is 0. The van der Waals surface area contributed by atoms with E-state index in [2.05, 4.69) is 16.7 Å². The normalized spacial score (nSPS) is 20.6. The summed E-state index contributed by atoms with van der Waals surface area (Å²) < 4.78 is 0. The van der Waals surface area contributed by atoms with E-state index in [0.29, 0.717) is 5.56 Å². The van der Waals surface area contributed by atoms with Crippen molar-refractivity contribution in [1.82, 2.24) is 10.6 Å². The van der Waals surface area contributed by atoms with Crippen LogP contribution < -0.4 is 10.6 Å². The summed E-state index contributed by atoms with van der Waals surface area (Å²) >= 11 is 0. The zero-order valence-electron chi connectivity index (χ0n) is 12.5. The number of aliphatic hydroxyl groups is 1. The molecule has 1 amide bonds. The van der Waals surface area contributed by atoms with Crippen LogP contribution in [0.2, 0.25) is 0 Å². The van der Waals surface area contributed by atoms with Crippen molar-refractivity contribution in [2.45, 2.75) is 50.6 Å². The van der Waals surface area contributed by atoms with Crippen molar-refractivity contribution >= 4 is 5.91 Å². The molecule has 2 aliphatic rings. The van der Waals surface area contributed by atoms with Gasteiger partial charge in [-0.05, 0) is 49.1 Å². The van der Waals surface area contributed by atoms with E-state index in [-0.39, 0.29) is 12.5 Å². The minimum absolute atomic E-state index is 0.0330. The van der Waals surface area contributed by atoms with Crippen molar-refractivity contribution in [3.05, 3.63) is 34.9 Å². The molecule has 0 aromatic heterocycles. The Labute approximate surface area is 125 Å². The molecule has 0 bridgehead atoms. The highest BCUT2D eigenvalue weighted by Gasteiger charge is 2.33. The summed E-state index contributed by atoms with van der Waals surface area (Å²) in [5.41, 5.74) is 2.84. The highest BCUT2D eigenvalue weighted by molar-refractivity contribution is 5.95. The van der Waals surface area contributed by atoms with Crippen LogP contribution in [-0.4, -0.2) is 29.7 Å². The van der Waals surface area contributed by atoms with Crippen LogP contribution in [0.25, 0.3) is 0 Å². The fourth-order valence-electron chi connectivity index (χ4n) is 3.49. The minimum atomic E-state index is -0.413. The molecule has 4 nitrogen and oxygen atoms in total. The fraction of sp³-hybridized carbons (Fsp3) is 0.588. The average Bonchev–Trinajstić information content (AvgIpc) is 2.55. The maximum atomic E-state index is 12.5. The number of benzene rings is 1. The van der Waals surface area contributed by atoms with Gasteiger partial charge < -0.3 is 15.7 Å². The predicted octanol–water partition coefficient (Wildman–Crippen LogP) is 1.76. The summed E-state index contributed by atoms with van der Waals surface area (Å²) in [4.78, 5) is 12.5. The van der Waals surface area contributed by atoms with Crippen molar-refractivity contribution in [1.29, 1.82) is 0 Å². The number of aliphatic hydroxyl groups excluding tert-OH is 1. The second-order valence-electron chi connectivity index (χ2n) is 6.36. The van der Waals surface area contributed by atoms with E-state index in [1.54, 1.807) is 0 Å². The monoisotopic (exact) mass is 288 g/mol. The third kappa shape index (κ3) is 3.11. The second-order valence-corrected chi connectivity index (χ2v) is 6.36. The molecular formula is C17H24N2O2. The third-order valence-corrected chi connectivity index (χ3v) is 4.85. The summed E-state index contributed by atoms with van der Waals surface area (Å²) in [6, 6.07) is 5.97. The highest BCUT2D eigenvalue weighted by Crippen LogP contribution is 2.28. The lowest BCUT2D eigenvalue weighted by atomic mass is 9.82. The Morgan fingerprint density at radius 1 is 1.24 bits per heavy atom. The number of carbonyl (C=O) groups excluding carboxylic acids is 1. The summed E-state index contributed by atoms with van der Waals surface area (Å²) in [6.07, 6.45) is 6.13. The molecule has 1 aromatic rings.